The largest absolute Gasteiger partial charge is 0.480 e. The summed E-state index contributed by atoms with van der Waals surface area (Å²) in [4.78, 5) is 24.0. The number of nitrogens with one attached hydrogen (secondary N) is 2. The van der Waals surface area contributed by atoms with Crippen LogP contribution in [0.5, 0.6) is 5.75 Å². The van der Waals surface area contributed by atoms with E-state index in [1.807, 2.05) is 31.2 Å². The van der Waals surface area contributed by atoms with E-state index >= 15 is 0 Å². The number of aryl methyl sites for hydroxylation is 1. The lowest BCUT2D eigenvalue weighted by Crippen LogP contribution is -2.38. The fourth-order valence-electron chi connectivity index (χ4n) is 2.63. The maximum atomic E-state index is 12.1. The van der Waals surface area contributed by atoms with E-state index in [1.165, 1.54) is 6.26 Å². The van der Waals surface area contributed by atoms with E-state index in [0.717, 1.165) is 16.9 Å². The molecule has 0 spiro atoms. The molecule has 3 rings (SSSR count). The number of fused-ring (bicyclic) bond motifs is 1. The summed E-state index contributed by atoms with van der Waals surface area (Å²) in [5.41, 5.74) is 1.86. The molecule has 24 heavy (non-hydrogen) atoms. The van der Waals surface area contributed by atoms with Crippen molar-refractivity contribution in [3.8, 4) is 5.75 Å². The third kappa shape index (κ3) is 3.59. The van der Waals surface area contributed by atoms with Crippen molar-refractivity contribution >= 4 is 11.8 Å². The molecule has 0 bridgehead atoms. The third-order valence-electron chi connectivity index (χ3n) is 3.95. The van der Waals surface area contributed by atoms with Crippen LogP contribution in [0, 0.1) is 6.92 Å². The van der Waals surface area contributed by atoms with Crippen molar-refractivity contribution in [1.29, 1.82) is 0 Å². The molecule has 1 aromatic carbocycles. The summed E-state index contributed by atoms with van der Waals surface area (Å²) >= 11 is 0. The van der Waals surface area contributed by atoms with E-state index in [0.29, 0.717) is 31.7 Å². The number of hydrogen-bond acceptors (Lipinski definition) is 4. The summed E-state index contributed by atoms with van der Waals surface area (Å²) in [6.07, 6.45) is 2.25. The number of rotatable bonds is 6. The Balaban J connectivity index is 1.35. The normalized spacial score (nSPS) is 15.5. The second-order valence-electron chi connectivity index (χ2n) is 5.75. The SMILES string of the molecule is Cc1ccoc1C(=O)NCCCNC(=O)C1Cc2ccccc2O1. The van der Waals surface area contributed by atoms with Crippen molar-refractivity contribution in [2.24, 2.45) is 0 Å². The summed E-state index contributed by atoms with van der Waals surface area (Å²) in [5, 5.41) is 5.61. The maximum absolute atomic E-state index is 12.1. The predicted molar refractivity (Wildman–Crippen MR) is 88.0 cm³/mol. The molecule has 1 unspecified atom stereocenters. The third-order valence-corrected chi connectivity index (χ3v) is 3.95. The minimum absolute atomic E-state index is 0.126. The summed E-state index contributed by atoms with van der Waals surface area (Å²) in [7, 11) is 0. The zero-order valence-corrected chi connectivity index (χ0v) is 13.5. The minimum Gasteiger partial charge on any atom is -0.480 e. The van der Waals surface area contributed by atoms with Gasteiger partial charge in [0.05, 0.1) is 6.26 Å². The lowest BCUT2D eigenvalue weighted by atomic mass is 10.1. The second-order valence-corrected chi connectivity index (χ2v) is 5.75. The molecular weight excluding hydrogens is 308 g/mol. The number of ether oxygens (including phenoxy) is 1. The predicted octanol–water partition coefficient (Wildman–Crippen LogP) is 1.83. The number of carbonyl (C=O) groups excluding carboxylic acids is 2. The van der Waals surface area contributed by atoms with Crippen LogP contribution in [0.2, 0.25) is 0 Å². The van der Waals surface area contributed by atoms with Crippen LogP contribution in [0.1, 0.15) is 28.1 Å². The van der Waals surface area contributed by atoms with Crippen LogP contribution < -0.4 is 15.4 Å². The van der Waals surface area contributed by atoms with Crippen LogP contribution in [0.4, 0.5) is 0 Å². The Morgan fingerprint density at radius 1 is 1.17 bits per heavy atom. The van der Waals surface area contributed by atoms with Crippen LogP contribution in [0.25, 0.3) is 0 Å². The molecule has 2 aromatic rings. The highest BCUT2D eigenvalue weighted by Gasteiger charge is 2.28. The van der Waals surface area contributed by atoms with Crippen molar-refractivity contribution in [2.45, 2.75) is 25.9 Å². The van der Waals surface area contributed by atoms with Gasteiger partial charge >= 0.3 is 0 Å². The van der Waals surface area contributed by atoms with Gasteiger partial charge in [0, 0.05) is 25.1 Å². The molecule has 1 atom stereocenters. The van der Waals surface area contributed by atoms with Crippen molar-refractivity contribution < 1.29 is 18.7 Å². The Hall–Kier alpha value is -2.76. The highest BCUT2D eigenvalue weighted by molar-refractivity contribution is 5.92. The van der Waals surface area contributed by atoms with Crippen molar-refractivity contribution in [2.75, 3.05) is 13.1 Å². The van der Waals surface area contributed by atoms with Gasteiger partial charge in [0.2, 0.25) is 0 Å². The Morgan fingerprint density at radius 2 is 1.96 bits per heavy atom. The molecule has 6 heteroatoms. The molecule has 1 aromatic heterocycles. The molecule has 2 heterocycles. The Morgan fingerprint density at radius 3 is 2.71 bits per heavy atom. The second kappa shape index (κ2) is 7.21. The van der Waals surface area contributed by atoms with Gasteiger partial charge in [-0.15, -0.1) is 0 Å². The zero-order valence-electron chi connectivity index (χ0n) is 13.5. The monoisotopic (exact) mass is 328 g/mol. The van der Waals surface area contributed by atoms with E-state index in [-0.39, 0.29) is 11.8 Å². The summed E-state index contributed by atoms with van der Waals surface area (Å²) in [6, 6.07) is 9.41. The van der Waals surface area contributed by atoms with Crippen LogP contribution in [-0.4, -0.2) is 31.0 Å². The number of hydrogen-bond donors (Lipinski definition) is 2. The molecule has 2 N–H and O–H groups in total. The molecule has 1 aliphatic rings. The smallest absolute Gasteiger partial charge is 0.287 e. The van der Waals surface area contributed by atoms with E-state index in [4.69, 9.17) is 9.15 Å². The van der Waals surface area contributed by atoms with Crippen LogP contribution in [0.3, 0.4) is 0 Å². The molecule has 1 aliphatic heterocycles. The number of amides is 2. The van der Waals surface area contributed by atoms with Gasteiger partial charge in [0.1, 0.15) is 5.75 Å². The summed E-state index contributed by atoms with van der Waals surface area (Å²) in [5.74, 6) is 0.743. The Bertz CT molecular complexity index is 713. The first-order chi connectivity index (χ1) is 11.6. The van der Waals surface area contributed by atoms with Crippen LogP contribution in [0.15, 0.2) is 41.0 Å². The lowest BCUT2D eigenvalue weighted by Gasteiger charge is -2.11. The molecule has 2 amide bonds. The van der Waals surface area contributed by atoms with E-state index in [9.17, 15) is 9.59 Å². The average molecular weight is 328 g/mol. The molecule has 0 aliphatic carbocycles. The van der Waals surface area contributed by atoms with Crippen LogP contribution in [-0.2, 0) is 11.2 Å². The van der Waals surface area contributed by atoms with Crippen molar-refractivity contribution in [3.63, 3.8) is 0 Å². The average Bonchev–Trinajstić information content (AvgIpc) is 3.20. The first-order valence-corrected chi connectivity index (χ1v) is 7.99. The van der Waals surface area contributed by atoms with Crippen molar-refractivity contribution in [3.05, 3.63) is 53.5 Å². The standard InChI is InChI=1S/C18H20N2O4/c1-12-7-10-23-16(12)18(22)20-9-4-8-19-17(21)15-11-13-5-2-3-6-14(13)24-15/h2-3,5-7,10,15H,4,8-9,11H2,1H3,(H,19,21)(H,20,22). The number of furan rings is 1. The summed E-state index contributed by atoms with van der Waals surface area (Å²) < 4.78 is 10.8. The molecule has 0 saturated heterocycles. The van der Waals surface area contributed by atoms with Gasteiger partial charge in [0.25, 0.3) is 11.8 Å². The molecule has 6 nitrogen and oxygen atoms in total. The van der Waals surface area contributed by atoms with Gasteiger partial charge in [-0.05, 0) is 31.0 Å². The molecule has 0 radical (unpaired) electrons. The van der Waals surface area contributed by atoms with E-state index in [1.54, 1.807) is 6.07 Å². The fraction of sp³-hybridized carbons (Fsp3) is 0.333. The molecule has 126 valence electrons. The molecular formula is C18H20N2O4. The van der Waals surface area contributed by atoms with Gasteiger partial charge in [-0.25, -0.2) is 0 Å². The Kier molecular flexibility index (Phi) is 4.84. The van der Waals surface area contributed by atoms with E-state index < -0.39 is 6.10 Å². The van der Waals surface area contributed by atoms with Crippen molar-refractivity contribution in [1.82, 2.24) is 10.6 Å². The first-order valence-electron chi connectivity index (χ1n) is 7.99. The Labute approximate surface area is 140 Å². The number of carbonyl (C=O) groups is 2. The first kappa shape index (κ1) is 16.1. The zero-order chi connectivity index (χ0) is 16.9. The topological polar surface area (TPSA) is 80.6 Å². The minimum atomic E-state index is -0.470. The van der Waals surface area contributed by atoms with Gasteiger partial charge in [-0.2, -0.15) is 0 Å². The molecule has 0 fully saturated rings. The van der Waals surface area contributed by atoms with Gasteiger partial charge < -0.3 is 19.8 Å². The number of benzene rings is 1. The summed E-state index contributed by atoms with van der Waals surface area (Å²) in [6.45, 7) is 2.76. The number of para-hydroxylation sites is 1. The van der Waals surface area contributed by atoms with Gasteiger partial charge in [-0.1, -0.05) is 18.2 Å². The van der Waals surface area contributed by atoms with Gasteiger partial charge in [-0.3, -0.25) is 9.59 Å². The van der Waals surface area contributed by atoms with E-state index in [2.05, 4.69) is 10.6 Å². The quantitative estimate of drug-likeness (QED) is 0.793. The van der Waals surface area contributed by atoms with Gasteiger partial charge in [0.15, 0.2) is 11.9 Å². The maximum Gasteiger partial charge on any atom is 0.287 e. The lowest BCUT2D eigenvalue weighted by molar-refractivity contribution is -0.127. The van der Waals surface area contributed by atoms with Crippen LogP contribution >= 0.6 is 0 Å². The fourth-order valence-corrected chi connectivity index (χ4v) is 2.63. The highest BCUT2D eigenvalue weighted by Crippen LogP contribution is 2.27. The molecule has 0 saturated carbocycles. The highest BCUT2D eigenvalue weighted by atomic mass is 16.5.